The summed E-state index contributed by atoms with van der Waals surface area (Å²) in [5.74, 6) is -1.69. The summed E-state index contributed by atoms with van der Waals surface area (Å²) in [5.41, 5.74) is -0.172. The summed E-state index contributed by atoms with van der Waals surface area (Å²) in [6, 6.07) is 2.67. The van der Waals surface area contributed by atoms with E-state index in [0.717, 1.165) is 19.1 Å². The minimum Gasteiger partial charge on any atom is -0.478 e. The lowest BCUT2D eigenvalue weighted by molar-refractivity contribution is -0.189. The normalized spacial score (nSPS) is 13.4. The van der Waals surface area contributed by atoms with Crippen LogP contribution < -0.4 is 10.2 Å². The quantitative estimate of drug-likeness (QED) is 0.618. The van der Waals surface area contributed by atoms with Gasteiger partial charge in [-0.2, -0.15) is 13.2 Å². The SMILES string of the molecule is CC(Oc1ccc(B(O)O)cc1F)C(F)(F)F. The van der Waals surface area contributed by atoms with E-state index in [-0.39, 0.29) is 5.46 Å². The molecule has 0 saturated carbocycles. The third kappa shape index (κ3) is 3.60. The summed E-state index contributed by atoms with van der Waals surface area (Å²) < 4.78 is 54.1. The first kappa shape index (κ1) is 13.8. The summed E-state index contributed by atoms with van der Waals surface area (Å²) in [5, 5.41) is 17.4. The maximum Gasteiger partial charge on any atom is 0.488 e. The van der Waals surface area contributed by atoms with Gasteiger partial charge >= 0.3 is 13.3 Å². The van der Waals surface area contributed by atoms with Crippen LogP contribution in [0.15, 0.2) is 18.2 Å². The van der Waals surface area contributed by atoms with Crippen molar-refractivity contribution < 1.29 is 32.3 Å². The number of hydrogen-bond donors (Lipinski definition) is 2. The third-order valence-electron chi connectivity index (χ3n) is 2.02. The molecule has 17 heavy (non-hydrogen) atoms. The number of halogens is 4. The second-order valence-electron chi connectivity index (χ2n) is 3.37. The van der Waals surface area contributed by atoms with Crippen molar-refractivity contribution in [2.24, 2.45) is 0 Å². The van der Waals surface area contributed by atoms with E-state index in [2.05, 4.69) is 4.74 Å². The molecule has 0 heterocycles. The fourth-order valence-corrected chi connectivity index (χ4v) is 1.03. The summed E-state index contributed by atoms with van der Waals surface area (Å²) in [6.45, 7) is 0.744. The van der Waals surface area contributed by atoms with Crippen LogP contribution >= 0.6 is 0 Å². The number of ether oxygens (including phenoxy) is 1. The van der Waals surface area contributed by atoms with Gasteiger partial charge in [-0.1, -0.05) is 6.07 Å². The van der Waals surface area contributed by atoms with Crippen LogP contribution in [0.1, 0.15) is 6.92 Å². The lowest BCUT2D eigenvalue weighted by atomic mass is 9.80. The van der Waals surface area contributed by atoms with Crippen LogP contribution in [0.3, 0.4) is 0 Å². The van der Waals surface area contributed by atoms with E-state index < -0.39 is 31.0 Å². The molecule has 1 aromatic rings. The maximum absolute atomic E-state index is 13.2. The highest BCUT2D eigenvalue weighted by Crippen LogP contribution is 2.25. The molecule has 1 unspecified atom stereocenters. The Morgan fingerprint density at radius 2 is 1.88 bits per heavy atom. The van der Waals surface area contributed by atoms with Crippen molar-refractivity contribution in [1.29, 1.82) is 0 Å². The lowest BCUT2D eigenvalue weighted by Crippen LogP contribution is -2.32. The van der Waals surface area contributed by atoms with Crippen LogP contribution in [0.25, 0.3) is 0 Å². The summed E-state index contributed by atoms with van der Waals surface area (Å²) in [7, 11) is -1.89. The predicted molar refractivity (Wildman–Crippen MR) is 52.4 cm³/mol. The van der Waals surface area contributed by atoms with E-state index in [9.17, 15) is 17.6 Å². The molecule has 1 aromatic carbocycles. The van der Waals surface area contributed by atoms with Gasteiger partial charge < -0.3 is 14.8 Å². The highest BCUT2D eigenvalue weighted by molar-refractivity contribution is 6.58. The second kappa shape index (κ2) is 4.93. The van der Waals surface area contributed by atoms with E-state index in [1.165, 1.54) is 0 Å². The first-order valence-electron chi connectivity index (χ1n) is 4.60. The summed E-state index contributed by atoms with van der Waals surface area (Å²) >= 11 is 0. The fraction of sp³-hybridized carbons (Fsp3) is 0.333. The molecule has 0 aliphatic carbocycles. The van der Waals surface area contributed by atoms with E-state index in [1.54, 1.807) is 0 Å². The standard InChI is InChI=1S/C9H9BF4O3/c1-5(9(12,13)14)17-8-3-2-6(10(15)16)4-7(8)11/h2-5,15-16H,1H3. The van der Waals surface area contributed by atoms with Gasteiger partial charge in [0.2, 0.25) is 0 Å². The lowest BCUT2D eigenvalue weighted by Gasteiger charge is -2.18. The molecule has 0 aromatic heterocycles. The van der Waals surface area contributed by atoms with Crippen LogP contribution in [0.4, 0.5) is 17.6 Å². The van der Waals surface area contributed by atoms with E-state index >= 15 is 0 Å². The molecule has 0 saturated heterocycles. The Balaban J connectivity index is 2.87. The van der Waals surface area contributed by atoms with Gasteiger partial charge in [-0.15, -0.1) is 0 Å². The molecular formula is C9H9BF4O3. The van der Waals surface area contributed by atoms with Crippen LogP contribution in [0.5, 0.6) is 5.75 Å². The monoisotopic (exact) mass is 252 g/mol. The van der Waals surface area contributed by atoms with Gasteiger partial charge in [-0.3, -0.25) is 0 Å². The number of alkyl halides is 3. The zero-order valence-corrected chi connectivity index (χ0v) is 8.70. The van der Waals surface area contributed by atoms with Gasteiger partial charge in [-0.25, -0.2) is 4.39 Å². The first-order chi connectivity index (χ1) is 7.71. The molecule has 1 rings (SSSR count). The van der Waals surface area contributed by atoms with Crippen LogP contribution in [-0.4, -0.2) is 29.4 Å². The van der Waals surface area contributed by atoms with Gasteiger partial charge in [0.1, 0.15) is 0 Å². The van der Waals surface area contributed by atoms with Gasteiger partial charge in [0.05, 0.1) is 0 Å². The fourth-order valence-electron chi connectivity index (χ4n) is 1.03. The summed E-state index contributed by atoms with van der Waals surface area (Å²) in [6.07, 6.45) is -6.75. The van der Waals surface area contributed by atoms with Gasteiger partial charge in [-0.05, 0) is 24.5 Å². The molecule has 0 bridgehead atoms. The van der Waals surface area contributed by atoms with Crippen LogP contribution in [0, 0.1) is 5.82 Å². The zero-order chi connectivity index (χ0) is 13.2. The average Bonchev–Trinajstić information content (AvgIpc) is 2.19. The van der Waals surface area contributed by atoms with E-state index in [4.69, 9.17) is 10.0 Å². The van der Waals surface area contributed by atoms with Crippen LogP contribution in [-0.2, 0) is 0 Å². The Labute approximate surface area is 94.8 Å². The van der Waals surface area contributed by atoms with Gasteiger partial charge in [0, 0.05) is 0 Å². The number of benzene rings is 1. The Hall–Kier alpha value is -1.28. The first-order valence-corrected chi connectivity index (χ1v) is 4.60. The molecular weight excluding hydrogens is 243 g/mol. The molecule has 2 N–H and O–H groups in total. The van der Waals surface area contributed by atoms with Crippen molar-refractivity contribution in [2.45, 2.75) is 19.2 Å². The largest absolute Gasteiger partial charge is 0.488 e. The Kier molecular flexibility index (Phi) is 4.00. The minimum atomic E-state index is -4.60. The molecule has 0 radical (unpaired) electrons. The highest BCUT2D eigenvalue weighted by Gasteiger charge is 2.38. The smallest absolute Gasteiger partial charge is 0.478 e. The molecule has 1 atom stereocenters. The van der Waals surface area contributed by atoms with E-state index in [1.807, 2.05) is 0 Å². The van der Waals surface area contributed by atoms with Crippen molar-refractivity contribution in [3.63, 3.8) is 0 Å². The summed E-state index contributed by atoms with van der Waals surface area (Å²) in [4.78, 5) is 0. The van der Waals surface area contributed by atoms with Crippen molar-refractivity contribution in [2.75, 3.05) is 0 Å². The molecule has 94 valence electrons. The number of rotatable bonds is 3. The molecule has 0 aliphatic heterocycles. The zero-order valence-electron chi connectivity index (χ0n) is 8.70. The third-order valence-corrected chi connectivity index (χ3v) is 2.02. The number of hydrogen-bond acceptors (Lipinski definition) is 3. The van der Waals surface area contributed by atoms with Crippen molar-refractivity contribution in [3.8, 4) is 5.75 Å². The molecule has 0 fully saturated rings. The Morgan fingerprint density at radius 1 is 1.29 bits per heavy atom. The minimum absolute atomic E-state index is 0.172. The molecule has 3 nitrogen and oxygen atoms in total. The average molecular weight is 252 g/mol. The maximum atomic E-state index is 13.2. The predicted octanol–water partition coefficient (Wildman–Crippen LogP) is 0.835. The molecule has 0 spiro atoms. The van der Waals surface area contributed by atoms with Gasteiger partial charge in [0.15, 0.2) is 17.7 Å². The molecule has 8 heteroatoms. The Morgan fingerprint density at radius 3 is 2.29 bits per heavy atom. The van der Waals surface area contributed by atoms with Gasteiger partial charge in [0.25, 0.3) is 0 Å². The highest BCUT2D eigenvalue weighted by atomic mass is 19.4. The molecule has 0 aliphatic rings. The molecule has 0 amide bonds. The van der Waals surface area contributed by atoms with Crippen molar-refractivity contribution in [1.82, 2.24) is 0 Å². The van der Waals surface area contributed by atoms with E-state index in [0.29, 0.717) is 6.07 Å². The van der Waals surface area contributed by atoms with Crippen molar-refractivity contribution >= 4 is 12.6 Å². The topological polar surface area (TPSA) is 49.7 Å². The van der Waals surface area contributed by atoms with Crippen molar-refractivity contribution in [3.05, 3.63) is 24.0 Å². The Bertz CT molecular complexity index is 394. The second-order valence-corrected chi connectivity index (χ2v) is 3.37. The van der Waals surface area contributed by atoms with Crippen LogP contribution in [0.2, 0.25) is 0 Å².